The van der Waals surface area contributed by atoms with Crippen molar-refractivity contribution < 1.29 is 65.5 Å². The van der Waals surface area contributed by atoms with Crippen molar-refractivity contribution >= 4 is 16.6 Å². The fraction of sp³-hybridized carbons (Fsp3) is 1.00. The van der Waals surface area contributed by atoms with Crippen LogP contribution in [0.5, 0.6) is 0 Å². The van der Waals surface area contributed by atoms with Crippen molar-refractivity contribution in [2.45, 2.75) is 39.3 Å². The van der Waals surface area contributed by atoms with Gasteiger partial charge in [-0.05, 0) is 0 Å². The van der Waals surface area contributed by atoms with Gasteiger partial charge in [0, 0.05) is 0 Å². The van der Waals surface area contributed by atoms with Crippen LogP contribution >= 0.6 is 0 Å². The van der Waals surface area contributed by atoms with E-state index in [9.17, 15) is 9.59 Å². The molecule has 0 N–H and O–H groups in total. The summed E-state index contributed by atoms with van der Waals surface area (Å²) in [6, 6.07) is 0. The second-order valence-electron chi connectivity index (χ2n) is 4.22. The van der Waals surface area contributed by atoms with E-state index in [-0.39, 0.29) is 55.9 Å². The summed E-state index contributed by atoms with van der Waals surface area (Å²) in [6.07, 6.45) is 0. The summed E-state index contributed by atoms with van der Waals surface area (Å²) < 4.78 is 0. The van der Waals surface area contributed by atoms with Crippen LogP contribution in [-0.2, 0) is 0 Å². The van der Waals surface area contributed by atoms with Gasteiger partial charge in [0.05, 0.1) is 0 Å². The average Bonchev–Trinajstić information content (AvgIpc) is 1.12. The Morgan fingerprint density at radius 1 is 0.615 bits per heavy atom. The second-order valence-corrected chi connectivity index (χ2v) is 12.7. The van der Waals surface area contributed by atoms with Gasteiger partial charge < -0.3 is 34.4 Å². The Hall–Kier alpha value is 1.99. The molecule has 0 aliphatic heterocycles. The molecule has 0 radical (unpaired) electrons. The molecule has 13 heavy (non-hydrogen) atoms. The third kappa shape index (κ3) is 510. The zero-order chi connectivity index (χ0) is 9.00. The Kier molecular flexibility index (Phi) is 27.3. The maximum Gasteiger partial charge on any atom is 4.00 e. The Morgan fingerprint density at radius 3 is 0.615 bits per heavy atom. The third-order valence-electron chi connectivity index (χ3n) is 0. The molecular weight excluding hydrogens is 469 g/mol. The van der Waals surface area contributed by atoms with E-state index in [0.717, 1.165) is 0 Å². The molecule has 0 saturated heterocycles. The molecule has 0 atom stereocenters. The topological polar surface area (TPSA) is 46.1 Å². The molecule has 0 rings (SSSR count). The molecule has 0 heterocycles. The molecule has 0 saturated carbocycles. The number of hydrogen-bond acceptors (Lipinski definition) is 2. The molecule has 80 valence electrons. The summed E-state index contributed by atoms with van der Waals surface area (Å²) in [5.74, 6) is 0. The van der Waals surface area contributed by atoms with E-state index >= 15 is 0 Å². The fourth-order valence-corrected chi connectivity index (χ4v) is 0. The summed E-state index contributed by atoms with van der Waals surface area (Å²) in [4.78, 5) is 20.5. The molecule has 0 aromatic rings. The molecule has 0 aliphatic carbocycles. The molecule has 0 amide bonds. The van der Waals surface area contributed by atoms with E-state index in [2.05, 4.69) is 0 Å². The number of hydrogen-bond donors (Lipinski definition) is 0. The van der Waals surface area contributed by atoms with Gasteiger partial charge in [-0.15, -0.1) is 0 Å². The van der Waals surface area contributed by atoms with Gasteiger partial charge in [0.1, 0.15) is 0 Å². The minimum absolute atomic E-state index is 0. The maximum absolute atomic E-state index is 10.2. The molecule has 0 fully saturated rings. The molecule has 0 aromatic carbocycles. The van der Waals surface area contributed by atoms with Crippen LogP contribution in [0.1, 0.15) is 0 Å². The molecular formula is C6H18Cl2O2Si2U. The van der Waals surface area contributed by atoms with Crippen molar-refractivity contribution in [3.63, 3.8) is 0 Å². The predicted molar refractivity (Wildman–Crippen MR) is 46.7 cm³/mol. The Labute approximate surface area is 120 Å². The number of rotatable bonds is 0. The van der Waals surface area contributed by atoms with Crippen LogP contribution in [0.3, 0.4) is 0 Å². The first-order valence-corrected chi connectivity index (χ1v) is 10.2. The summed E-state index contributed by atoms with van der Waals surface area (Å²) in [7, 11) is -3.72. The van der Waals surface area contributed by atoms with E-state index in [1.165, 1.54) is 0 Å². The van der Waals surface area contributed by atoms with Gasteiger partial charge in [0.2, 0.25) is 0 Å². The van der Waals surface area contributed by atoms with Gasteiger partial charge in [-0.2, -0.15) is 0 Å². The van der Waals surface area contributed by atoms with Gasteiger partial charge in [-0.3, -0.25) is 0 Å². The second kappa shape index (κ2) is 12.1. The Balaban J connectivity index is -0.0000000267. The first-order chi connectivity index (χ1) is 4.00. The Bertz CT molecular complexity index is 69.6. The van der Waals surface area contributed by atoms with E-state index < -0.39 is 16.6 Å². The maximum atomic E-state index is 10.2. The molecule has 0 aromatic heterocycles. The van der Waals surface area contributed by atoms with Crippen molar-refractivity contribution in [3.05, 3.63) is 0 Å². The predicted octanol–water partition coefficient (Wildman–Crippen LogP) is -5.63. The zero-order valence-corrected chi connectivity index (χ0v) is 16.7. The minimum atomic E-state index is -1.86. The molecule has 0 spiro atoms. The van der Waals surface area contributed by atoms with E-state index in [4.69, 9.17) is 0 Å². The van der Waals surface area contributed by atoms with Crippen molar-refractivity contribution in [2.75, 3.05) is 0 Å². The van der Waals surface area contributed by atoms with Crippen LogP contribution in [0.25, 0.3) is 0 Å². The van der Waals surface area contributed by atoms with Crippen molar-refractivity contribution in [2.24, 2.45) is 0 Å². The molecule has 0 unspecified atom stereocenters. The van der Waals surface area contributed by atoms with Gasteiger partial charge >= 0.3 is 31.1 Å². The van der Waals surface area contributed by atoms with Crippen LogP contribution < -0.4 is 34.4 Å². The monoisotopic (exact) mass is 486 g/mol. The summed E-state index contributed by atoms with van der Waals surface area (Å²) in [5, 5.41) is 0. The van der Waals surface area contributed by atoms with Crippen molar-refractivity contribution in [3.8, 4) is 0 Å². The SMILES string of the molecule is C[Si](C)(C)[O-].C[Si](C)(C)[O-].[Cl-].[Cl-].[U+4]. The van der Waals surface area contributed by atoms with E-state index in [1.54, 1.807) is 39.3 Å². The standard InChI is InChI=1S/2C3H9OSi.2ClH.U/c2*1-5(2,3)4;;;/h2*1-3H3;2*1H;/q2*-1;;;+4/p-2. The van der Waals surface area contributed by atoms with Gasteiger partial charge in [-0.25, -0.2) is 0 Å². The van der Waals surface area contributed by atoms with E-state index in [1.807, 2.05) is 0 Å². The minimum Gasteiger partial charge on any atom is -1.00 e. The van der Waals surface area contributed by atoms with Crippen molar-refractivity contribution in [1.82, 2.24) is 0 Å². The quantitative estimate of drug-likeness (QED) is 0.320. The molecule has 0 aliphatic rings. The summed E-state index contributed by atoms with van der Waals surface area (Å²) in [5.41, 5.74) is 0. The first-order valence-electron chi connectivity index (χ1n) is 3.41. The summed E-state index contributed by atoms with van der Waals surface area (Å²) >= 11 is 0. The van der Waals surface area contributed by atoms with Crippen LogP contribution in [0.4, 0.5) is 0 Å². The number of halogens is 2. The van der Waals surface area contributed by atoms with Gasteiger partial charge in [0.25, 0.3) is 0 Å². The van der Waals surface area contributed by atoms with Crippen LogP contribution in [0, 0.1) is 31.1 Å². The normalized spacial score (nSPS) is 9.23. The third-order valence-corrected chi connectivity index (χ3v) is 0. The van der Waals surface area contributed by atoms with Crippen molar-refractivity contribution in [1.29, 1.82) is 0 Å². The molecule has 2 nitrogen and oxygen atoms in total. The van der Waals surface area contributed by atoms with E-state index in [0.29, 0.717) is 0 Å². The fourth-order valence-electron chi connectivity index (χ4n) is 0. The summed E-state index contributed by atoms with van der Waals surface area (Å²) in [6.45, 7) is 10.6. The molecule has 7 heteroatoms. The smallest absolute Gasteiger partial charge is 1.00 e. The average molecular weight is 487 g/mol. The zero-order valence-electron chi connectivity index (χ0n) is 9.07. The molecule has 0 bridgehead atoms. The largest absolute Gasteiger partial charge is 4.00 e. The van der Waals surface area contributed by atoms with Crippen LogP contribution in [0.15, 0.2) is 0 Å². The van der Waals surface area contributed by atoms with Crippen LogP contribution in [-0.4, -0.2) is 16.6 Å². The van der Waals surface area contributed by atoms with Crippen LogP contribution in [0.2, 0.25) is 39.3 Å². The first kappa shape index (κ1) is 29.4. The van der Waals surface area contributed by atoms with Gasteiger partial charge in [0.15, 0.2) is 0 Å². The Morgan fingerprint density at radius 2 is 0.615 bits per heavy atom. The van der Waals surface area contributed by atoms with Gasteiger partial charge in [-0.1, -0.05) is 55.9 Å².